The standard InChI is InChI=1S/C17H25N3O5/c1-19-6-8-20(9-7-19)14(17(22)23)11-16(21)18-13-10-12(24-2)4-5-15(13)25-3/h4-5,10,14H,6-9,11H2,1-3H3,(H,18,21)(H,22,23)/t14-/m0/s1. The number of carboxylic acid groups (broad SMARTS) is 1. The maximum Gasteiger partial charge on any atom is 0.321 e. The molecule has 2 N–H and O–H groups in total. The number of carbonyl (C=O) groups is 2. The van der Waals surface area contributed by atoms with Crippen LogP contribution >= 0.6 is 0 Å². The van der Waals surface area contributed by atoms with Crippen LogP contribution in [0.4, 0.5) is 5.69 Å². The Morgan fingerprint density at radius 3 is 2.44 bits per heavy atom. The normalized spacial score (nSPS) is 16.9. The average Bonchev–Trinajstić information content (AvgIpc) is 2.60. The molecule has 1 atom stereocenters. The van der Waals surface area contributed by atoms with Crippen molar-refractivity contribution in [3.63, 3.8) is 0 Å². The van der Waals surface area contributed by atoms with Crippen LogP contribution < -0.4 is 14.8 Å². The molecule has 2 rings (SSSR count). The first-order valence-electron chi connectivity index (χ1n) is 8.12. The second-order valence-electron chi connectivity index (χ2n) is 6.01. The molecule has 1 fully saturated rings. The van der Waals surface area contributed by atoms with Gasteiger partial charge >= 0.3 is 5.97 Å². The molecule has 0 unspecified atom stereocenters. The molecule has 1 aromatic rings. The Morgan fingerprint density at radius 1 is 1.20 bits per heavy atom. The third kappa shape index (κ3) is 5.07. The molecule has 0 aliphatic carbocycles. The number of benzene rings is 1. The number of carbonyl (C=O) groups excluding carboxylic acids is 1. The van der Waals surface area contributed by atoms with Crippen LogP contribution in [0.1, 0.15) is 6.42 Å². The fourth-order valence-electron chi connectivity index (χ4n) is 2.79. The molecule has 1 amide bonds. The van der Waals surface area contributed by atoms with E-state index in [0.29, 0.717) is 30.3 Å². The highest BCUT2D eigenvalue weighted by Gasteiger charge is 2.30. The van der Waals surface area contributed by atoms with Crippen molar-refractivity contribution in [2.24, 2.45) is 0 Å². The van der Waals surface area contributed by atoms with Gasteiger partial charge in [0, 0.05) is 32.2 Å². The number of hydrogen-bond donors (Lipinski definition) is 2. The Labute approximate surface area is 147 Å². The van der Waals surface area contributed by atoms with E-state index in [9.17, 15) is 14.7 Å². The lowest BCUT2D eigenvalue weighted by molar-refractivity contribution is -0.145. The molecule has 8 heteroatoms. The van der Waals surface area contributed by atoms with Crippen molar-refractivity contribution in [3.8, 4) is 11.5 Å². The Bertz CT molecular complexity index is 614. The number of ether oxygens (including phenoxy) is 2. The lowest BCUT2D eigenvalue weighted by Crippen LogP contribution is -2.52. The number of piperazine rings is 1. The molecule has 1 heterocycles. The third-order valence-corrected chi connectivity index (χ3v) is 4.32. The fourth-order valence-corrected chi connectivity index (χ4v) is 2.79. The van der Waals surface area contributed by atoms with Crippen LogP contribution in [0.15, 0.2) is 18.2 Å². The smallest absolute Gasteiger partial charge is 0.321 e. The van der Waals surface area contributed by atoms with Crippen molar-refractivity contribution < 1.29 is 24.2 Å². The Morgan fingerprint density at radius 2 is 1.88 bits per heavy atom. The minimum Gasteiger partial charge on any atom is -0.497 e. The summed E-state index contributed by atoms with van der Waals surface area (Å²) in [6, 6.07) is 4.20. The number of nitrogens with zero attached hydrogens (tertiary/aromatic N) is 2. The predicted octanol–water partition coefficient (Wildman–Crippen LogP) is 0.733. The lowest BCUT2D eigenvalue weighted by Gasteiger charge is -2.35. The molecule has 0 radical (unpaired) electrons. The predicted molar refractivity (Wildman–Crippen MR) is 93.3 cm³/mol. The first-order chi connectivity index (χ1) is 11.9. The van der Waals surface area contributed by atoms with Gasteiger partial charge in [-0.05, 0) is 19.2 Å². The maximum atomic E-state index is 12.4. The molecule has 1 aromatic carbocycles. The monoisotopic (exact) mass is 351 g/mol. The number of aliphatic carboxylic acids is 1. The first kappa shape index (κ1) is 19.0. The summed E-state index contributed by atoms with van der Waals surface area (Å²) in [7, 11) is 5.03. The number of hydrogen-bond acceptors (Lipinski definition) is 6. The van der Waals surface area contributed by atoms with E-state index >= 15 is 0 Å². The molecule has 8 nitrogen and oxygen atoms in total. The van der Waals surface area contributed by atoms with E-state index in [2.05, 4.69) is 10.2 Å². The van der Waals surface area contributed by atoms with Crippen molar-refractivity contribution in [1.82, 2.24) is 9.80 Å². The molecule has 25 heavy (non-hydrogen) atoms. The maximum absolute atomic E-state index is 12.4. The van der Waals surface area contributed by atoms with E-state index in [1.54, 1.807) is 18.2 Å². The molecule has 1 aliphatic rings. The number of likely N-dealkylation sites (N-methyl/N-ethyl adjacent to an activating group) is 1. The largest absolute Gasteiger partial charge is 0.497 e. The van der Waals surface area contributed by atoms with Crippen LogP contribution in [0, 0.1) is 0 Å². The van der Waals surface area contributed by atoms with Gasteiger partial charge in [0.25, 0.3) is 0 Å². The lowest BCUT2D eigenvalue weighted by atomic mass is 10.1. The molecule has 1 aliphatic heterocycles. The fraction of sp³-hybridized carbons (Fsp3) is 0.529. The van der Waals surface area contributed by atoms with Crippen LogP contribution in [0.5, 0.6) is 11.5 Å². The summed E-state index contributed by atoms with van der Waals surface area (Å²) in [5, 5.41) is 12.2. The van der Waals surface area contributed by atoms with Crippen molar-refractivity contribution in [1.29, 1.82) is 0 Å². The number of amides is 1. The van der Waals surface area contributed by atoms with Gasteiger partial charge in [-0.3, -0.25) is 14.5 Å². The van der Waals surface area contributed by atoms with E-state index in [4.69, 9.17) is 9.47 Å². The zero-order valence-electron chi connectivity index (χ0n) is 14.8. The highest BCUT2D eigenvalue weighted by Crippen LogP contribution is 2.29. The van der Waals surface area contributed by atoms with Crippen LogP contribution in [0.25, 0.3) is 0 Å². The van der Waals surface area contributed by atoms with Crippen molar-refractivity contribution >= 4 is 17.6 Å². The zero-order valence-corrected chi connectivity index (χ0v) is 14.8. The summed E-state index contributed by atoms with van der Waals surface area (Å²) in [4.78, 5) is 28.0. The van der Waals surface area contributed by atoms with E-state index in [-0.39, 0.29) is 12.3 Å². The van der Waals surface area contributed by atoms with Gasteiger partial charge in [-0.25, -0.2) is 0 Å². The Balaban J connectivity index is 2.05. The van der Waals surface area contributed by atoms with Gasteiger partial charge in [-0.1, -0.05) is 0 Å². The van der Waals surface area contributed by atoms with Gasteiger partial charge in [-0.2, -0.15) is 0 Å². The number of methoxy groups -OCH3 is 2. The number of rotatable bonds is 7. The van der Waals surface area contributed by atoms with E-state index < -0.39 is 12.0 Å². The molecule has 0 aromatic heterocycles. The summed E-state index contributed by atoms with van der Waals surface area (Å²) < 4.78 is 10.4. The second-order valence-corrected chi connectivity index (χ2v) is 6.01. The number of nitrogens with one attached hydrogen (secondary N) is 1. The molecule has 138 valence electrons. The van der Waals surface area contributed by atoms with Gasteiger partial charge in [0.1, 0.15) is 17.5 Å². The number of carboxylic acids is 1. The van der Waals surface area contributed by atoms with Crippen molar-refractivity contribution in [2.45, 2.75) is 12.5 Å². The summed E-state index contributed by atoms with van der Waals surface area (Å²) in [5.41, 5.74) is 0.453. The summed E-state index contributed by atoms with van der Waals surface area (Å²) in [6.45, 7) is 2.83. The topological polar surface area (TPSA) is 91.3 Å². The minimum absolute atomic E-state index is 0.126. The Hall–Kier alpha value is -2.32. The molecular weight excluding hydrogens is 326 g/mol. The second kappa shape index (κ2) is 8.68. The first-order valence-corrected chi connectivity index (χ1v) is 8.12. The highest BCUT2D eigenvalue weighted by atomic mass is 16.5. The van der Waals surface area contributed by atoms with E-state index in [1.807, 2.05) is 11.9 Å². The summed E-state index contributed by atoms with van der Waals surface area (Å²) in [6.07, 6.45) is -0.126. The summed E-state index contributed by atoms with van der Waals surface area (Å²) in [5.74, 6) is -0.305. The minimum atomic E-state index is -0.989. The highest BCUT2D eigenvalue weighted by molar-refractivity contribution is 5.95. The van der Waals surface area contributed by atoms with Gasteiger partial charge in [0.2, 0.25) is 5.91 Å². The van der Waals surface area contributed by atoms with Gasteiger partial charge < -0.3 is 24.8 Å². The van der Waals surface area contributed by atoms with Crippen molar-refractivity contribution in [3.05, 3.63) is 18.2 Å². The number of anilines is 1. The van der Waals surface area contributed by atoms with Crippen LogP contribution in [-0.4, -0.2) is 80.3 Å². The quantitative estimate of drug-likeness (QED) is 0.748. The SMILES string of the molecule is COc1ccc(OC)c(NC(=O)C[C@@H](C(=O)O)N2CCN(C)CC2)c1. The van der Waals surface area contributed by atoms with Gasteiger partial charge in [-0.15, -0.1) is 0 Å². The zero-order chi connectivity index (χ0) is 18.4. The molecule has 0 spiro atoms. The van der Waals surface area contributed by atoms with Crippen molar-refractivity contribution in [2.75, 3.05) is 52.8 Å². The molecule has 1 saturated heterocycles. The molecule has 0 bridgehead atoms. The Kier molecular flexibility index (Phi) is 6.60. The van der Waals surface area contributed by atoms with E-state index in [0.717, 1.165) is 13.1 Å². The third-order valence-electron chi connectivity index (χ3n) is 4.32. The van der Waals surface area contributed by atoms with Crippen LogP contribution in [0.2, 0.25) is 0 Å². The summed E-state index contributed by atoms with van der Waals surface area (Å²) >= 11 is 0. The van der Waals surface area contributed by atoms with Crippen LogP contribution in [-0.2, 0) is 9.59 Å². The van der Waals surface area contributed by atoms with Gasteiger partial charge in [0.15, 0.2) is 0 Å². The van der Waals surface area contributed by atoms with E-state index in [1.165, 1.54) is 14.2 Å². The molecular formula is C17H25N3O5. The molecule has 0 saturated carbocycles. The van der Waals surface area contributed by atoms with Crippen LogP contribution in [0.3, 0.4) is 0 Å². The average molecular weight is 351 g/mol. The van der Waals surface area contributed by atoms with Gasteiger partial charge in [0.05, 0.1) is 26.3 Å².